The van der Waals surface area contributed by atoms with E-state index in [-0.39, 0.29) is 11.3 Å². The summed E-state index contributed by atoms with van der Waals surface area (Å²) in [6.45, 7) is 8.35. The third-order valence-electron chi connectivity index (χ3n) is 8.31. The minimum atomic E-state index is -1.70. The minimum Gasteiger partial charge on any atom is -0.463 e. The maximum absolute atomic E-state index is 12.7. The Morgan fingerprint density at radius 1 is 0.625 bits per heavy atom. The van der Waals surface area contributed by atoms with E-state index >= 15 is 0 Å². The van der Waals surface area contributed by atoms with Gasteiger partial charge < -0.3 is 57.7 Å². The average Bonchev–Trinajstić information content (AvgIpc) is 3.06. The summed E-state index contributed by atoms with van der Waals surface area (Å²) in [6.07, 6.45) is -12.1. The lowest BCUT2D eigenvalue weighted by Gasteiger charge is -2.49. The van der Waals surface area contributed by atoms with Gasteiger partial charge in [-0.15, -0.1) is 0 Å². The molecule has 0 bridgehead atoms. The van der Waals surface area contributed by atoms with E-state index in [0.29, 0.717) is 10.9 Å². The molecule has 306 valence electrons. The predicted octanol–water partition coefficient (Wildman–Crippen LogP) is 0.246. The fraction of sp³-hybridized carbons (Fsp3) is 0.556. The van der Waals surface area contributed by atoms with Gasteiger partial charge in [-0.25, -0.2) is 4.79 Å². The summed E-state index contributed by atoms with van der Waals surface area (Å²) in [5.74, 6) is -5.28. The highest BCUT2D eigenvalue weighted by molar-refractivity contribution is 5.81. The van der Waals surface area contributed by atoms with E-state index in [0.717, 1.165) is 41.5 Å². The van der Waals surface area contributed by atoms with Crippen molar-refractivity contribution in [1.82, 2.24) is 10.6 Å². The van der Waals surface area contributed by atoms with Crippen molar-refractivity contribution in [3.8, 4) is 5.75 Å². The number of carbonyl (C=O) groups is 7. The summed E-state index contributed by atoms with van der Waals surface area (Å²) in [5, 5.41) is 5.82. The maximum atomic E-state index is 12.7. The highest BCUT2D eigenvalue weighted by Crippen LogP contribution is 2.35. The first-order valence-corrected chi connectivity index (χ1v) is 17.3. The minimum absolute atomic E-state index is 0.0918. The maximum Gasteiger partial charge on any atom is 0.336 e. The average molecular weight is 793 g/mol. The van der Waals surface area contributed by atoms with E-state index in [2.05, 4.69) is 10.6 Å². The van der Waals surface area contributed by atoms with E-state index in [1.807, 2.05) is 0 Å². The van der Waals surface area contributed by atoms with Gasteiger partial charge in [-0.2, -0.15) is 0 Å². The molecule has 3 heterocycles. The van der Waals surface area contributed by atoms with Gasteiger partial charge in [0.25, 0.3) is 0 Å². The molecule has 10 atom stereocenters. The first-order valence-electron chi connectivity index (χ1n) is 17.3. The molecule has 4 rings (SSSR count). The monoisotopic (exact) mass is 792 g/mol. The Balaban J connectivity index is 1.83. The molecule has 2 fully saturated rings. The Kier molecular flexibility index (Phi) is 14.5. The number of rotatable bonds is 13. The fourth-order valence-corrected chi connectivity index (χ4v) is 6.30. The quantitative estimate of drug-likeness (QED) is 0.156. The summed E-state index contributed by atoms with van der Waals surface area (Å²) in [4.78, 5) is 98.7. The van der Waals surface area contributed by atoms with Crippen LogP contribution in [0.5, 0.6) is 5.75 Å². The number of aryl methyl sites for hydroxylation is 1. The Labute approximate surface area is 319 Å². The van der Waals surface area contributed by atoms with Crippen molar-refractivity contribution >= 4 is 52.6 Å². The van der Waals surface area contributed by atoms with E-state index in [1.54, 1.807) is 19.1 Å². The van der Waals surface area contributed by atoms with Crippen molar-refractivity contribution in [1.29, 1.82) is 0 Å². The van der Waals surface area contributed by atoms with E-state index in [9.17, 15) is 38.4 Å². The molecular weight excluding hydrogens is 748 g/mol. The molecule has 0 saturated carbocycles. The Morgan fingerprint density at radius 3 is 1.62 bits per heavy atom. The normalized spacial score (nSPS) is 27.2. The topological polar surface area (TPSA) is 257 Å². The first-order chi connectivity index (χ1) is 26.3. The second-order valence-electron chi connectivity index (χ2n) is 13.0. The van der Waals surface area contributed by atoms with Gasteiger partial charge in [0.05, 0.1) is 0 Å². The number of hydrogen-bond acceptors (Lipinski definition) is 18. The SMILES string of the molecule is CC(=O)N[C@@H]1[C@@H](O[C@H]2[C@H](OC(C)=O)[C@@H](NC(C)=O)[C@H](Oc3ccc4c(C)cc(=O)oc4c3)O[C@@H]2COC(C)=O)O[C@@H](COC(C)=O)[C@H](OC(C)=O)[C@H]1OC(C)=O. The molecule has 2 aliphatic rings. The third kappa shape index (κ3) is 11.5. The van der Waals surface area contributed by atoms with Crippen LogP contribution in [0.15, 0.2) is 33.5 Å². The van der Waals surface area contributed by atoms with Crippen molar-refractivity contribution in [3.05, 3.63) is 40.2 Å². The first kappa shape index (κ1) is 43.1. The van der Waals surface area contributed by atoms with Crippen LogP contribution in [0, 0.1) is 6.92 Å². The van der Waals surface area contributed by atoms with Crippen LogP contribution in [0.25, 0.3) is 11.0 Å². The molecule has 1 aromatic carbocycles. The highest BCUT2D eigenvalue weighted by atomic mass is 16.7. The second kappa shape index (κ2) is 18.8. The largest absolute Gasteiger partial charge is 0.463 e. The van der Waals surface area contributed by atoms with Crippen molar-refractivity contribution < 1.29 is 80.6 Å². The van der Waals surface area contributed by atoms with Gasteiger partial charge in [0.1, 0.15) is 54.9 Å². The van der Waals surface area contributed by atoms with Crippen LogP contribution in [0.2, 0.25) is 0 Å². The van der Waals surface area contributed by atoms with Crippen LogP contribution >= 0.6 is 0 Å². The molecule has 2 N–H and O–H groups in total. The molecule has 0 aliphatic carbocycles. The van der Waals surface area contributed by atoms with Gasteiger partial charge in [-0.05, 0) is 24.6 Å². The molecule has 20 heteroatoms. The lowest BCUT2D eigenvalue weighted by Crippen LogP contribution is -2.71. The van der Waals surface area contributed by atoms with Crippen molar-refractivity contribution in [2.24, 2.45) is 0 Å². The molecule has 2 aromatic rings. The zero-order valence-corrected chi connectivity index (χ0v) is 31.8. The van der Waals surface area contributed by atoms with Gasteiger partial charge in [0.15, 0.2) is 24.6 Å². The lowest BCUT2D eigenvalue weighted by atomic mass is 9.94. The van der Waals surface area contributed by atoms with Crippen molar-refractivity contribution in [3.63, 3.8) is 0 Å². The Morgan fingerprint density at radius 2 is 1.11 bits per heavy atom. The van der Waals surface area contributed by atoms with Crippen LogP contribution in [0.1, 0.15) is 54.0 Å². The van der Waals surface area contributed by atoms with Gasteiger partial charge in [-0.1, -0.05) is 0 Å². The molecule has 20 nitrogen and oxygen atoms in total. The molecular formula is C36H44N2O18. The number of amides is 2. The molecule has 1 aromatic heterocycles. The number of benzene rings is 1. The molecule has 0 spiro atoms. The van der Waals surface area contributed by atoms with E-state index < -0.39 is 122 Å². The van der Waals surface area contributed by atoms with Gasteiger partial charge in [0, 0.05) is 66.0 Å². The smallest absolute Gasteiger partial charge is 0.336 e. The molecule has 0 unspecified atom stereocenters. The van der Waals surface area contributed by atoms with E-state index in [4.69, 9.17) is 47.0 Å². The number of ether oxygens (including phenoxy) is 9. The summed E-state index contributed by atoms with van der Waals surface area (Å²) in [6, 6.07) is 3.05. The van der Waals surface area contributed by atoms with E-state index in [1.165, 1.54) is 19.1 Å². The number of nitrogens with one attached hydrogen (secondary N) is 2. The third-order valence-corrected chi connectivity index (χ3v) is 8.31. The van der Waals surface area contributed by atoms with Crippen molar-refractivity contribution in [2.45, 2.75) is 117 Å². The number of fused-ring (bicyclic) bond motifs is 1. The number of hydrogen-bond donors (Lipinski definition) is 2. The van der Waals surface area contributed by atoms with Crippen molar-refractivity contribution in [2.75, 3.05) is 13.2 Å². The lowest BCUT2D eigenvalue weighted by molar-refractivity contribution is -0.327. The second-order valence-corrected chi connectivity index (χ2v) is 13.0. The van der Waals surface area contributed by atoms with Gasteiger partial charge in [-0.3, -0.25) is 33.6 Å². The molecule has 2 amide bonds. The van der Waals surface area contributed by atoms with Crippen LogP contribution in [-0.2, 0) is 71.5 Å². The van der Waals surface area contributed by atoms with Crippen LogP contribution in [0.4, 0.5) is 0 Å². The zero-order valence-electron chi connectivity index (χ0n) is 31.8. The summed E-state index contributed by atoms with van der Waals surface area (Å²) in [7, 11) is 0. The summed E-state index contributed by atoms with van der Waals surface area (Å²) >= 11 is 0. The predicted molar refractivity (Wildman–Crippen MR) is 185 cm³/mol. The Bertz CT molecular complexity index is 1880. The number of esters is 5. The van der Waals surface area contributed by atoms with Crippen LogP contribution in [0.3, 0.4) is 0 Å². The molecule has 2 aliphatic heterocycles. The van der Waals surface area contributed by atoms with Gasteiger partial charge >= 0.3 is 35.5 Å². The summed E-state index contributed by atoms with van der Waals surface area (Å²) < 4.78 is 57.6. The standard InChI is InChI=1S/C36H44N2O18/c1-15-11-28(46)53-25-12-23(9-10-24(15)25)52-35-29(37-16(2)39)34(51-22(8)45)32(27(54-35)14-48-19(5)42)56-36-30(38-17(3)40)33(50-21(7)44)31(49-20(6)43)26(55-36)13-47-18(4)41/h9-12,26-27,29-36H,13-14H2,1-8H3,(H,37,39)(H,38,40)/t26-,27+,29+,30-,31-,32+,33-,34+,35+,36+/m0/s1. The fourth-order valence-electron chi connectivity index (χ4n) is 6.30. The van der Waals surface area contributed by atoms with Crippen LogP contribution < -0.4 is 21.0 Å². The van der Waals surface area contributed by atoms with Crippen LogP contribution in [-0.4, -0.2) is 116 Å². The van der Waals surface area contributed by atoms with Gasteiger partial charge in [0.2, 0.25) is 18.1 Å². The highest BCUT2D eigenvalue weighted by Gasteiger charge is 2.56. The Hall–Kier alpha value is -5.60. The number of carbonyl (C=O) groups excluding carboxylic acids is 7. The molecule has 2 saturated heterocycles. The summed E-state index contributed by atoms with van der Waals surface area (Å²) in [5.41, 5.74) is 0.197. The zero-order chi connectivity index (χ0) is 41.4. The molecule has 0 radical (unpaired) electrons. The molecule has 56 heavy (non-hydrogen) atoms.